The fourth-order valence-electron chi connectivity index (χ4n) is 3.66. The van der Waals surface area contributed by atoms with E-state index in [0.717, 1.165) is 24.9 Å². The van der Waals surface area contributed by atoms with Gasteiger partial charge in [0.25, 0.3) is 0 Å². The summed E-state index contributed by atoms with van der Waals surface area (Å²) >= 11 is 0. The molecule has 1 saturated heterocycles. The van der Waals surface area contributed by atoms with Crippen molar-refractivity contribution in [3.63, 3.8) is 0 Å². The minimum Gasteiger partial charge on any atom is -0.367 e. The number of carbonyl (C=O) groups excluding carboxylic acids is 1. The molecule has 0 spiro atoms. The van der Waals surface area contributed by atoms with Crippen LogP contribution in [0, 0.1) is 17.2 Å². The zero-order valence-corrected chi connectivity index (χ0v) is 11.7. The third kappa shape index (κ3) is 2.43. The number of ketones is 1. The van der Waals surface area contributed by atoms with E-state index in [1.807, 2.05) is 12.1 Å². The third-order valence-corrected chi connectivity index (χ3v) is 4.69. The van der Waals surface area contributed by atoms with Gasteiger partial charge in [0.15, 0.2) is 0 Å². The molecule has 1 aromatic rings. The average Bonchev–Trinajstić information content (AvgIpc) is 2.49. The predicted octanol–water partition coefficient (Wildman–Crippen LogP) is 3.09. The molecular weight excluding hydrogens is 248 g/mol. The van der Waals surface area contributed by atoms with Gasteiger partial charge in [-0.2, -0.15) is 5.26 Å². The molecule has 1 heterocycles. The predicted molar refractivity (Wildman–Crippen MR) is 78.5 cm³/mol. The second kappa shape index (κ2) is 5.66. The molecular formula is C17H20N2O. The topological polar surface area (TPSA) is 44.1 Å². The molecule has 1 aliphatic carbocycles. The lowest BCUT2D eigenvalue weighted by Crippen LogP contribution is -2.51. The molecule has 104 valence electrons. The number of nitrogens with zero attached hydrogens (tertiary/aromatic N) is 2. The maximum atomic E-state index is 12.1. The summed E-state index contributed by atoms with van der Waals surface area (Å²) in [7, 11) is 0. The van der Waals surface area contributed by atoms with Crippen LogP contribution in [0.3, 0.4) is 0 Å². The van der Waals surface area contributed by atoms with Gasteiger partial charge in [-0.05, 0) is 30.5 Å². The fraction of sp³-hybridized carbons (Fsp3) is 0.529. The number of Topliss-reactive ketones (excluding diaryl/α,β-unsaturated/α-hetero) is 1. The molecule has 2 aliphatic rings. The molecule has 0 unspecified atom stereocenters. The van der Waals surface area contributed by atoms with E-state index < -0.39 is 0 Å². The van der Waals surface area contributed by atoms with Crippen LogP contribution in [0.25, 0.3) is 0 Å². The number of fused-ring (bicyclic) bond motifs is 1. The Morgan fingerprint density at radius 1 is 1.20 bits per heavy atom. The smallest absolute Gasteiger partial charge is 0.139 e. The van der Waals surface area contributed by atoms with Crippen LogP contribution in [-0.4, -0.2) is 18.4 Å². The highest BCUT2D eigenvalue weighted by Gasteiger charge is 2.38. The molecule has 1 aromatic carbocycles. The van der Waals surface area contributed by atoms with Crippen molar-refractivity contribution in [2.24, 2.45) is 5.92 Å². The van der Waals surface area contributed by atoms with Crippen molar-refractivity contribution in [2.45, 2.75) is 44.6 Å². The van der Waals surface area contributed by atoms with Crippen LogP contribution in [0.15, 0.2) is 24.3 Å². The Labute approximate surface area is 120 Å². The van der Waals surface area contributed by atoms with E-state index in [1.54, 1.807) is 0 Å². The summed E-state index contributed by atoms with van der Waals surface area (Å²) < 4.78 is 0. The van der Waals surface area contributed by atoms with Crippen molar-refractivity contribution in [3.05, 3.63) is 29.8 Å². The van der Waals surface area contributed by atoms with Gasteiger partial charge >= 0.3 is 0 Å². The first kappa shape index (κ1) is 13.2. The van der Waals surface area contributed by atoms with Crippen molar-refractivity contribution in [2.75, 3.05) is 11.4 Å². The second-order valence-corrected chi connectivity index (χ2v) is 5.87. The first-order chi connectivity index (χ1) is 9.79. The van der Waals surface area contributed by atoms with Gasteiger partial charge in [0.2, 0.25) is 0 Å². The largest absolute Gasteiger partial charge is 0.367 e. The molecule has 2 fully saturated rings. The molecule has 0 N–H and O–H groups in total. The molecule has 0 aromatic heterocycles. The van der Waals surface area contributed by atoms with Gasteiger partial charge in [-0.25, -0.2) is 0 Å². The van der Waals surface area contributed by atoms with E-state index in [9.17, 15) is 4.79 Å². The maximum Gasteiger partial charge on any atom is 0.139 e. The number of piperidine rings is 1. The second-order valence-electron chi connectivity index (χ2n) is 5.87. The highest BCUT2D eigenvalue weighted by atomic mass is 16.1. The lowest BCUT2D eigenvalue weighted by molar-refractivity contribution is -0.125. The van der Waals surface area contributed by atoms with Gasteiger partial charge < -0.3 is 4.90 Å². The number of hydrogen-bond donors (Lipinski definition) is 0. The van der Waals surface area contributed by atoms with Crippen LogP contribution in [-0.2, 0) is 11.2 Å². The summed E-state index contributed by atoms with van der Waals surface area (Å²) in [6, 6.07) is 10.9. The summed E-state index contributed by atoms with van der Waals surface area (Å²) in [6.45, 7) is 0.845. The highest BCUT2D eigenvalue weighted by molar-refractivity contribution is 5.84. The fourth-order valence-corrected chi connectivity index (χ4v) is 3.66. The minimum atomic E-state index is 0.247. The molecule has 3 nitrogen and oxygen atoms in total. The molecule has 0 bridgehead atoms. The standard InChI is InChI=1S/C17H20N2O/c18-11-9-13-5-7-14(8-6-13)19-12-10-17(20)15-3-1-2-4-16(15)19/h5-8,15-16H,1-4,9-10,12H2/t15-,16-/m1/s1. The maximum absolute atomic E-state index is 12.1. The Morgan fingerprint density at radius 3 is 2.70 bits per heavy atom. The Hall–Kier alpha value is -1.82. The first-order valence-electron chi connectivity index (χ1n) is 7.55. The monoisotopic (exact) mass is 268 g/mol. The van der Waals surface area contributed by atoms with Crippen LogP contribution in [0.2, 0.25) is 0 Å². The average molecular weight is 268 g/mol. The summed E-state index contributed by atoms with van der Waals surface area (Å²) in [5, 5.41) is 8.72. The van der Waals surface area contributed by atoms with Gasteiger partial charge in [-0.15, -0.1) is 0 Å². The van der Waals surface area contributed by atoms with Crippen LogP contribution >= 0.6 is 0 Å². The van der Waals surface area contributed by atoms with Crippen molar-refractivity contribution in [1.29, 1.82) is 5.26 Å². The van der Waals surface area contributed by atoms with Gasteiger partial charge in [-0.3, -0.25) is 4.79 Å². The zero-order chi connectivity index (χ0) is 13.9. The Morgan fingerprint density at radius 2 is 1.95 bits per heavy atom. The molecule has 1 saturated carbocycles. The summed E-state index contributed by atoms with van der Waals surface area (Å²) in [6.07, 6.45) is 5.77. The molecule has 0 radical (unpaired) electrons. The number of nitriles is 1. The SMILES string of the molecule is N#CCc1ccc(N2CCC(=O)[C@@H]3CCCC[C@H]32)cc1. The quantitative estimate of drug-likeness (QED) is 0.828. The zero-order valence-electron chi connectivity index (χ0n) is 11.7. The number of benzene rings is 1. The Bertz CT molecular complexity index is 529. The van der Waals surface area contributed by atoms with Crippen LogP contribution < -0.4 is 4.90 Å². The van der Waals surface area contributed by atoms with E-state index in [2.05, 4.69) is 23.1 Å². The summed E-state index contributed by atoms with van der Waals surface area (Å²) in [4.78, 5) is 14.5. The number of hydrogen-bond acceptors (Lipinski definition) is 3. The molecule has 0 amide bonds. The molecule has 2 atom stereocenters. The molecule has 1 aliphatic heterocycles. The van der Waals surface area contributed by atoms with Crippen molar-refractivity contribution in [1.82, 2.24) is 0 Å². The van der Waals surface area contributed by atoms with E-state index in [-0.39, 0.29) is 5.92 Å². The van der Waals surface area contributed by atoms with Crippen molar-refractivity contribution < 1.29 is 4.79 Å². The van der Waals surface area contributed by atoms with Crippen molar-refractivity contribution in [3.8, 4) is 6.07 Å². The number of rotatable bonds is 2. The van der Waals surface area contributed by atoms with Gasteiger partial charge in [0.05, 0.1) is 12.5 Å². The van der Waals surface area contributed by atoms with Gasteiger partial charge in [0, 0.05) is 30.6 Å². The Balaban J connectivity index is 1.81. The van der Waals surface area contributed by atoms with Gasteiger partial charge in [0.1, 0.15) is 5.78 Å². The lowest BCUT2D eigenvalue weighted by atomic mass is 9.77. The van der Waals surface area contributed by atoms with Crippen LogP contribution in [0.5, 0.6) is 0 Å². The Kier molecular flexibility index (Phi) is 3.73. The van der Waals surface area contributed by atoms with E-state index in [0.29, 0.717) is 24.7 Å². The number of carbonyl (C=O) groups is 1. The van der Waals surface area contributed by atoms with Crippen LogP contribution in [0.4, 0.5) is 5.69 Å². The third-order valence-electron chi connectivity index (χ3n) is 4.69. The van der Waals surface area contributed by atoms with Gasteiger partial charge in [-0.1, -0.05) is 25.0 Å². The van der Waals surface area contributed by atoms with Crippen molar-refractivity contribution >= 4 is 11.5 Å². The normalized spacial score (nSPS) is 25.9. The molecule has 3 heteroatoms. The number of anilines is 1. The summed E-state index contributed by atoms with van der Waals surface area (Å²) in [5.41, 5.74) is 2.26. The van der Waals surface area contributed by atoms with E-state index in [1.165, 1.54) is 18.5 Å². The summed E-state index contributed by atoms with van der Waals surface area (Å²) in [5.74, 6) is 0.711. The molecule has 20 heavy (non-hydrogen) atoms. The lowest BCUT2D eigenvalue weighted by Gasteiger charge is -2.44. The van der Waals surface area contributed by atoms with E-state index in [4.69, 9.17) is 5.26 Å². The minimum absolute atomic E-state index is 0.247. The molecule has 3 rings (SSSR count). The van der Waals surface area contributed by atoms with Crippen LogP contribution in [0.1, 0.15) is 37.7 Å². The highest BCUT2D eigenvalue weighted by Crippen LogP contribution is 2.36. The first-order valence-corrected chi connectivity index (χ1v) is 7.55. The van der Waals surface area contributed by atoms with E-state index >= 15 is 0 Å².